The third kappa shape index (κ3) is 5.11. The van der Waals surface area contributed by atoms with Crippen LogP contribution in [0.15, 0.2) is 18.2 Å². The molecule has 0 heterocycles. The summed E-state index contributed by atoms with van der Waals surface area (Å²) >= 11 is 0. The minimum Gasteiger partial charge on any atom is -0.490 e. The van der Waals surface area contributed by atoms with Crippen LogP contribution in [0.2, 0.25) is 0 Å². The van der Waals surface area contributed by atoms with E-state index in [0.29, 0.717) is 19.3 Å². The normalized spacial score (nSPS) is 10.8. The van der Waals surface area contributed by atoms with E-state index in [2.05, 4.69) is 31.3 Å². The van der Waals surface area contributed by atoms with E-state index in [-0.39, 0.29) is 0 Å². The van der Waals surface area contributed by atoms with Gasteiger partial charge in [-0.05, 0) is 44.4 Å². The summed E-state index contributed by atoms with van der Waals surface area (Å²) in [6.45, 7) is 10.6. The second-order valence-corrected chi connectivity index (χ2v) is 4.54. The van der Waals surface area contributed by atoms with Gasteiger partial charge in [0.2, 0.25) is 0 Å². The van der Waals surface area contributed by atoms with E-state index in [4.69, 9.17) is 9.47 Å². The van der Waals surface area contributed by atoms with E-state index < -0.39 is 0 Å². The quantitative estimate of drug-likeness (QED) is 0.737. The lowest BCUT2D eigenvalue weighted by molar-refractivity contribution is 0.287. The molecule has 0 aliphatic rings. The topological polar surface area (TPSA) is 30.5 Å². The number of nitrogens with one attached hydrogen (secondary N) is 1. The molecule has 0 radical (unpaired) electrons. The monoisotopic (exact) mass is 265 g/mol. The maximum Gasteiger partial charge on any atom is 0.161 e. The van der Waals surface area contributed by atoms with Crippen molar-refractivity contribution in [2.75, 3.05) is 13.2 Å². The average molecular weight is 265 g/mol. The molecule has 0 unspecified atom stereocenters. The molecule has 0 atom stereocenters. The van der Waals surface area contributed by atoms with Gasteiger partial charge in [-0.1, -0.05) is 19.9 Å². The fourth-order valence-electron chi connectivity index (χ4n) is 2.05. The van der Waals surface area contributed by atoms with Crippen LogP contribution >= 0.6 is 0 Å². The van der Waals surface area contributed by atoms with Crippen LogP contribution in [0.5, 0.6) is 11.5 Å². The lowest BCUT2D eigenvalue weighted by atomic mass is 10.1. The second kappa shape index (κ2) is 8.81. The maximum absolute atomic E-state index is 5.64. The predicted octanol–water partition coefficient (Wildman–Crippen LogP) is 3.76. The van der Waals surface area contributed by atoms with Gasteiger partial charge in [-0.25, -0.2) is 0 Å². The Morgan fingerprint density at radius 1 is 0.947 bits per heavy atom. The van der Waals surface area contributed by atoms with Gasteiger partial charge in [0.1, 0.15) is 0 Å². The molecule has 3 nitrogen and oxygen atoms in total. The lowest BCUT2D eigenvalue weighted by Crippen LogP contribution is -2.26. The van der Waals surface area contributed by atoms with Crippen LogP contribution in [-0.4, -0.2) is 19.3 Å². The summed E-state index contributed by atoms with van der Waals surface area (Å²) in [5.41, 5.74) is 1.24. The Bertz CT molecular complexity index is 362. The minimum absolute atomic E-state index is 0.585. The fraction of sp³-hybridized carbons (Fsp3) is 0.625. The molecule has 0 spiro atoms. The van der Waals surface area contributed by atoms with E-state index in [9.17, 15) is 0 Å². The van der Waals surface area contributed by atoms with Gasteiger partial charge in [0.05, 0.1) is 13.2 Å². The largest absolute Gasteiger partial charge is 0.490 e. The third-order valence-corrected chi connectivity index (χ3v) is 3.19. The molecule has 1 aromatic carbocycles. The number of benzene rings is 1. The highest BCUT2D eigenvalue weighted by Gasteiger charge is 2.07. The zero-order valence-corrected chi connectivity index (χ0v) is 12.7. The highest BCUT2D eigenvalue weighted by molar-refractivity contribution is 5.43. The molecule has 1 rings (SSSR count). The Kier molecular flexibility index (Phi) is 7.34. The molecule has 0 aliphatic carbocycles. The van der Waals surface area contributed by atoms with Gasteiger partial charge in [0.15, 0.2) is 11.5 Å². The number of ether oxygens (including phenoxy) is 2. The summed E-state index contributed by atoms with van der Waals surface area (Å²) in [6, 6.07) is 6.76. The van der Waals surface area contributed by atoms with Crippen molar-refractivity contribution in [1.82, 2.24) is 5.32 Å². The Morgan fingerprint density at radius 2 is 1.58 bits per heavy atom. The molecule has 0 fully saturated rings. The number of hydrogen-bond acceptors (Lipinski definition) is 3. The second-order valence-electron chi connectivity index (χ2n) is 4.54. The van der Waals surface area contributed by atoms with Gasteiger partial charge >= 0.3 is 0 Å². The average Bonchev–Trinajstić information content (AvgIpc) is 2.43. The van der Waals surface area contributed by atoms with Crippen molar-refractivity contribution >= 4 is 0 Å². The summed E-state index contributed by atoms with van der Waals surface area (Å²) in [7, 11) is 0. The highest BCUT2D eigenvalue weighted by atomic mass is 16.5. The Morgan fingerprint density at radius 3 is 2.16 bits per heavy atom. The van der Waals surface area contributed by atoms with Crippen LogP contribution in [0.3, 0.4) is 0 Å². The molecule has 0 aliphatic heterocycles. The molecule has 108 valence electrons. The molecular weight excluding hydrogens is 238 g/mol. The maximum atomic E-state index is 5.64. The SMILES string of the molecule is CCOc1ccc(CNC(CC)CC)cc1OCC. The van der Waals surface area contributed by atoms with E-state index >= 15 is 0 Å². The van der Waals surface area contributed by atoms with Crippen LogP contribution < -0.4 is 14.8 Å². The van der Waals surface area contributed by atoms with Crippen LogP contribution in [-0.2, 0) is 6.54 Å². The van der Waals surface area contributed by atoms with Crippen LogP contribution in [0.25, 0.3) is 0 Å². The van der Waals surface area contributed by atoms with E-state index in [1.54, 1.807) is 0 Å². The summed E-state index contributed by atoms with van der Waals surface area (Å²) in [6.07, 6.45) is 2.32. The first-order valence-corrected chi connectivity index (χ1v) is 7.36. The van der Waals surface area contributed by atoms with Crippen LogP contribution in [0.4, 0.5) is 0 Å². The van der Waals surface area contributed by atoms with Crippen molar-refractivity contribution in [2.45, 2.75) is 53.1 Å². The van der Waals surface area contributed by atoms with Crippen LogP contribution in [0.1, 0.15) is 46.1 Å². The minimum atomic E-state index is 0.585. The molecule has 0 saturated carbocycles. The van der Waals surface area contributed by atoms with Crippen molar-refractivity contribution < 1.29 is 9.47 Å². The first kappa shape index (κ1) is 15.8. The summed E-state index contributed by atoms with van der Waals surface area (Å²) in [5, 5.41) is 3.56. The van der Waals surface area contributed by atoms with Crippen molar-refractivity contribution in [1.29, 1.82) is 0 Å². The zero-order chi connectivity index (χ0) is 14.1. The van der Waals surface area contributed by atoms with Crippen molar-refractivity contribution in [2.24, 2.45) is 0 Å². The molecule has 0 saturated heterocycles. The Balaban J connectivity index is 2.71. The molecule has 0 bridgehead atoms. The first-order valence-electron chi connectivity index (χ1n) is 7.36. The molecule has 1 aromatic rings. The van der Waals surface area contributed by atoms with E-state index in [0.717, 1.165) is 30.9 Å². The van der Waals surface area contributed by atoms with Gasteiger partial charge in [-0.15, -0.1) is 0 Å². The van der Waals surface area contributed by atoms with Crippen molar-refractivity contribution in [3.8, 4) is 11.5 Å². The molecular formula is C16H27NO2. The Labute approximate surface area is 117 Å². The van der Waals surface area contributed by atoms with E-state index in [1.165, 1.54) is 5.56 Å². The summed E-state index contributed by atoms with van der Waals surface area (Å²) < 4.78 is 11.2. The molecule has 3 heteroatoms. The molecule has 1 N–H and O–H groups in total. The smallest absolute Gasteiger partial charge is 0.161 e. The third-order valence-electron chi connectivity index (χ3n) is 3.19. The predicted molar refractivity (Wildman–Crippen MR) is 80.0 cm³/mol. The summed E-state index contributed by atoms with van der Waals surface area (Å²) in [4.78, 5) is 0. The van der Waals surface area contributed by atoms with Gasteiger partial charge in [-0.3, -0.25) is 0 Å². The standard InChI is InChI=1S/C16H27NO2/c1-5-14(6-2)17-12-13-9-10-15(18-7-3)16(11-13)19-8-4/h9-11,14,17H,5-8,12H2,1-4H3. The number of rotatable bonds is 9. The van der Waals surface area contributed by atoms with Gasteiger partial charge in [0.25, 0.3) is 0 Å². The fourth-order valence-corrected chi connectivity index (χ4v) is 2.05. The molecule has 0 aromatic heterocycles. The van der Waals surface area contributed by atoms with Gasteiger partial charge < -0.3 is 14.8 Å². The van der Waals surface area contributed by atoms with E-state index in [1.807, 2.05) is 19.9 Å². The Hall–Kier alpha value is -1.22. The highest BCUT2D eigenvalue weighted by Crippen LogP contribution is 2.28. The zero-order valence-electron chi connectivity index (χ0n) is 12.7. The lowest BCUT2D eigenvalue weighted by Gasteiger charge is -2.16. The first-order chi connectivity index (χ1) is 9.24. The molecule has 0 amide bonds. The van der Waals surface area contributed by atoms with Crippen molar-refractivity contribution in [3.05, 3.63) is 23.8 Å². The summed E-state index contributed by atoms with van der Waals surface area (Å²) in [5.74, 6) is 1.67. The van der Waals surface area contributed by atoms with Crippen LogP contribution in [0, 0.1) is 0 Å². The molecule has 19 heavy (non-hydrogen) atoms. The van der Waals surface area contributed by atoms with Gasteiger partial charge in [0, 0.05) is 12.6 Å². The van der Waals surface area contributed by atoms with Gasteiger partial charge in [-0.2, -0.15) is 0 Å². The van der Waals surface area contributed by atoms with Crippen molar-refractivity contribution in [3.63, 3.8) is 0 Å². The number of hydrogen-bond donors (Lipinski definition) is 1.